The van der Waals surface area contributed by atoms with E-state index in [4.69, 9.17) is 9.47 Å². The summed E-state index contributed by atoms with van der Waals surface area (Å²) in [6, 6.07) is 0. The molecule has 0 bridgehead atoms. The van der Waals surface area contributed by atoms with Gasteiger partial charge in [-0.3, -0.25) is 4.79 Å². The Hall–Kier alpha value is -1.54. The Bertz CT molecular complexity index is 904. The molecule has 7 nitrogen and oxygen atoms in total. The third-order valence-electron chi connectivity index (χ3n) is 8.78. The maximum absolute atomic E-state index is 13.6. The zero-order valence-corrected chi connectivity index (χ0v) is 20.0. The molecule has 2 saturated carbocycles. The van der Waals surface area contributed by atoms with Gasteiger partial charge in [0, 0.05) is 17.4 Å². The van der Waals surface area contributed by atoms with Gasteiger partial charge >= 0.3 is 5.97 Å². The molecule has 1 heterocycles. The van der Waals surface area contributed by atoms with Gasteiger partial charge in [0.25, 0.3) is 0 Å². The van der Waals surface area contributed by atoms with Crippen LogP contribution in [-0.4, -0.2) is 62.7 Å². The lowest BCUT2D eigenvalue weighted by molar-refractivity contribution is -0.151. The first kappa shape index (κ1) is 23.6. The fraction of sp³-hybridized carbons (Fsp3) is 0.760. The van der Waals surface area contributed by atoms with Gasteiger partial charge in [0.15, 0.2) is 17.0 Å². The van der Waals surface area contributed by atoms with Crippen molar-refractivity contribution in [1.82, 2.24) is 0 Å². The molecular formula is C25H36O7. The van der Waals surface area contributed by atoms with Crippen LogP contribution in [0.4, 0.5) is 0 Å². The first-order chi connectivity index (χ1) is 14.8. The summed E-state index contributed by atoms with van der Waals surface area (Å²) in [5.74, 6) is -2.29. The van der Waals surface area contributed by atoms with Gasteiger partial charge in [0.05, 0.1) is 12.2 Å². The lowest BCUT2D eigenvalue weighted by Crippen LogP contribution is -2.41. The second-order valence-electron chi connectivity index (χ2n) is 11.0. The van der Waals surface area contributed by atoms with Crippen LogP contribution >= 0.6 is 0 Å². The van der Waals surface area contributed by atoms with Crippen molar-refractivity contribution in [1.29, 1.82) is 0 Å². The lowest BCUT2D eigenvalue weighted by Gasteiger charge is -2.27. The van der Waals surface area contributed by atoms with Crippen molar-refractivity contribution in [2.45, 2.75) is 90.5 Å². The van der Waals surface area contributed by atoms with E-state index in [1.807, 2.05) is 20.8 Å². The van der Waals surface area contributed by atoms with Crippen molar-refractivity contribution >= 4 is 11.8 Å². The Morgan fingerprint density at radius 3 is 2.44 bits per heavy atom. The van der Waals surface area contributed by atoms with Crippen LogP contribution in [0, 0.1) is 29.1 Å². The number of allylic oxidation sites excluding steroid dienone is 1. The largest absolute Gasteiger partial charge is 0.456 e. The van der Waals surface area contributed by atoms with Gasteiger partial charge in [-0.1, -0.05) is 33.8 Å². The molecule has 0 aromatic carbocycles. The van der Waals surface area contributed by atoms with E-state index in [2.05, 4.69) is 0 Å². The van der Waals surface area contributed by atoms with Crippen molar-refractivity contribution in [3.63, 3.8) is 0 Å². The van der Waals surface area contributed by atoms with Crippen molar-refractivity contribution in [2.75, 3.05) is 0 Å². The second kappa shape index (κ2) is 7.23. The fourth-order valence-corrected chi connectivity index (χ4v) is 6.51. The van der Waals surface area contributed by atoms with Crippen molar-refractivity contribution in [3.8, 4) is 0 Å². The molecule has 0 spiro atoms. The summed E-state index contributed by atoms with van der Waals surface area (Å²) in [5.41, 5.74) is -1.95. The van der Waals surface area contributed by atoms with Gasteiger partial charge in [-0.25, -0.2) is 4.79 Å². The molecule has 0 aromatic rings. The standard InChI is InChI=1S/C25H36O7/c1-8-11(2)22(30)31-19-16-15(23(16,6)7)18(27)14(5)21(29)25-10-13(4)20(28)24(25,32-25)9-12(3)17(19)26/h8-9,13-20,26-28H,10H2,1-7H3/b11-8+,12-9-/t13-,14+,15-,16+,17+,18-,19+,20-,24-,25-/m0/s1. The molecule has 0 radical (unpaired) electrons. The van der Waals surface area contributed by atoms with Crippen molar-refractivity contribution < 1.29 is 34.4 Å². The highest BCUT2D eigenvalue weighted by Gasteiger charge is 2.82. The smallest absolute Gasteiger partial charge is 0.333 e. The summed E-state index contributed by atoms with van der Waals surface area (Å²) < 4.78 is 11.8. The highest BCUT2D eigenvalue weighted by molar-refractivity contribution is 5.95. The van der Waals surface area contributed by atoms with Crippen LogP contribution in [0.1, 0.15) is 54.9 Å². The number of Topliss-reactive ketones (excluding diaryl/α,β-unsaturated/α-hetero) is 1. The molecular weight excluding hydrogens is 412 g/mol. The minimum Gasteiger partial charge on any atom is -0.456 e. The number of aliphatic hydroxyl groups is 3. The Kier molecular flexibility index (Phi) is 5.33. The van der Waals surface area contributed by atoms with E-state index in [1.54, 1.807) is 39.8 Å². The molecule has 3 N–H and O–H groups in total. The molecule has 3 aliphatic carbocycles. The molecule has 178 valence electrons. The number of carbonyl (C=O) groups is 2. The number of esters is 1. The zero-order chi connectivity index (χ0) is 24.0. The summed E-state index contributed by atoms with van der Waals surface area (Å²) in [4.78, 5) is 26.2. The number of ketones is 1. The summed E-state index contributed by atoms with van der Waals surface area (Å²) in [6.07, 6.45) is -0.285. The van der Waals surface area contributed by atoms with Crippen LogP contribution < -0.4 is 0 Å². The SMILES string of the molecule is C/C=C(\C)C(=O)O[C@@H]1[C@H]2[C@@H]([C@@H](O)[C@@H](C)C(=O)[C@@]34C[C@H](C)[C@H](O)[C@]3(/C=C(/C)[C@H]1O)O4)C2(C)C. The van der Waals surface area contributed by atoms with Gasteiger partial charge in [-0.05, 0) is 56.1 Å². The van der Waals surface area contributed by atoms with Crippen LogP contribution in [0.15, 0.2) is 23.3 Å². The van der Waals surface area contributed by atoms with Crippen molar-refractivity contribution in [3.05, 3.63) is 23.3 Å². The van der Waals surface area contributed by atoms with E-state index in [-0.39, 0.29) is 23.5 Å². The van der Waals surface area contributed by atoms with Crippen LogP contribution in [0.5, 0.6) is 0 Å². The molecule has 32 heavy (non-hydrogen) atoms. The molecule has 1 saturated heterocycles. The maximum atomic E-state index is 13.6. The molecule has 0 aromatic heterocycles. The van der Waals surface area contributed by atoms with Crippen LogP contribution in [-0.2, 0) is 19.1 Å². The van der Waals surface area contributed by atoms with Gasteiger partial charge in [0.2, 0.25) is 0 Å². The third-order valence-corrected chi connectivity index (χ3v) is 8.78. The van der Waals surface area contributed by atoms with E-state index >= 15 is 0 Å². The second-order valence-corrected chi connectivity index (χ2v) is 11.0. The van der Waals surface area contributed by atoms with Crippen molar-refractivity contribution in [2.24, 2.45) is 29.1 Å². The monoisotopic (exact) mass is 448 g/mol. The molecule has 4 rings (SSSR count). The minimum absolute atomic E-state index is 0.169. The lowest BCUT2D eigenvalue weighted by atomic mass is 9.81. The van der Waals surface area contributed by atoms with E-state index in [9.17, 15) is 24.9 Å². The predicted molar refractivity (Wildman–Crippen MR) is 116 cm³/mol. The average Bonchev–Trinajstić information content (AvgIpc) is 3.54. The topological polar surface area (TPSA) is 117 Å². The van der Waals surface area contributed by atoms with Gasteiger partial charge in [-0.15, -0.1) is 0 Å². The number of hydrogen-bond acceptors (Lipinski definition) is 7. The number of aliphatic hydroxyl groups excluding tert-OH is 3. The highest BCUT2D eigenvalue weighted by Crippen LogP contribution is 2.67. The van der Waals surface area contributed by atoms with E-state index in [0.29, 0.717) is 17.6 Å². The van der Waals surface area contributed by atoms with E-state index in [0.717, 1.165) is 0 Å². The number of epoxide rings is 1. The minimum atomic E-state index is -1.22. The third kappa shape index (κ3) is 2.94. The Morgan fingerprint density at radius 2 is 1.84 bits per heavy atom. The summed E-state index contributed by atoms with van der Waals surface area (Å²) in [7, 11) is 0. The highest BCUT2D eigenvalue weighted by atomic mass is 16.7. The van der Waals surface area contributed by atoms with Crippen LogP contribution in [0.25, 0.3) is 0 Å². The molecule has 0 unspecified atom stereocenters. The van der Waals surface area contributed by atoms with E-state index in [1.165, 1.54) is 0 Å². The Labute approximate surface area is 189 Å². The number of carbonyl (C=O) groups excluding carboxylic acids is 2. The average molecular weight is 449 g/mol. The molecule has 1 aliphatic heterocycles. The van der Waals surface area contributed by atoms with Gasteiger partial charge in [-0.2, -0.15) is 0 Å². The van der Waals surface area contributed by atoms with E-state index < -0.39 is 52.9 Å². The predicted octanol–water partition coefficient (Wildman–Crippen LogP) is 1.93. The van der Waals surface area contributed by atoms with Gasteiger partial charge < -0.3 is 24.8 Å². The number of ether oxygens (including phenoxy) is 2. The fourth-order valence-electron chi connectivity index (χ4n) is 6.51. The van der Waals surface area contributed by atoms with Crippen LogP contribution in [0.2, 0.25) is 0 Å². The number of hydrogen-bond donors (Lipinski definition) is 3. The first-order valence-corrected chi connectivity index (χ1v) is 11.6. The first-order valence-electron chi connectivity index (χ1n) is 11.6. The normalized spacial score (nSPS) is 51.4. The quantitative estimate of drug-likeness (QED) is 0.256. The number of rotatable bonds is 2. The molecule has 3 fully saturated rings. The number of fused-ring (bicyclic) bond motifs is 1. The maximum Gasteiger partial charge on any atom is 0.333 e. The molecule has 7 heteroatoms. The Balaban J connectivity index is 1.81. The summed E-state index contributed by atoms with van der Waals surface area (Å²) in [5, 5.41) is 33.5. The zero-order valence-electron chi connectivity index (χ0n) is 20.0. The molecule has 4 aliphatic rings. The summed E-state index contributed by atoms with van der Waals surface area (Å²) >= 11 is 0. The van der Waals surface area contributed by atoms with Gasteiger partial charge in [0.1, 0.15) is 12.2 Å². The molecule has 10 atom stereocenters. The summed E-state index contributed by atoms with van der Waals surface area (Å²) in [6.45, 7) is 12.6. The Morgan fingerprint density at radius 1 is 1.22 bits per heavy atom. The molecule has 0 amide bonds. The van der Waals surface area contributed by atoms with Crippen LogP contribution in [0.3, 0.4) is 0 Å².